The average Bonchev–Trinajstić information content (AvgIpc) is 2.07. The van der Waals surface area contributed by atoms with Crippen molar-refractivity contribution in [3.8, 4) is 0 Å². The topological polar surface area (TPSA) is 23.5 Å². The van der Waals surface area contributed by atoms with Crippen LogP contribution in [-0.2, 0) is 6.54 Å². The molecule has 0 amide bonds. The van der Waals surface area contributed by atoms with Gasteiger partial charge in [-0.05, 0) is 32.0 Å². The molecule has 0 aromatic heterocycles. The third-order valence-corrected chi connectivity index (χ3v) is 1.93. The fourth-order valence-electron chi connectivity index (χ4n) is 1.32. The molecule has 0 aliphatic carbocycles. The maximum Gasteiger partial charge on any atom is 0.327 e. The van der Waals surface area contributed by atoms with Crippen LogP contribution in [0.25, 0.3) is 0 Å². The maximum absolute atomic E-state index is 9.01. The van der Waals surface area contributed by atoms with Gasteiger partial charge in [0.25, 0.3) is 0 Å². The average molecular weight is 176 g/mol. The van der Waals surface area contributed by atoms with Crippen LogP contribution in [0, 0.1) is 6.92 Å². The van der Waals surface area contributed by atoms with E-state index in [-0.39, 0.29) is 0 Å². The normalized spacial score (nSPS) is 10.5. The molecule has 1 rings (SSSR count). The molecule has 0 aliphatic heterocycles. The lowest BCUT2D eigenvalue weighted by molar-refractivity contribution is 0.403. The lowest BCUT2D eigenvalue weighted by Crippen LogP contribution is -2.24. The van der Waals surface area contributed by atoms with Crippen LogP contribution in [0.15, 0.2) is 18.2 Å². The quantitative estimate of drug-likeness (QED) is 0.669. The molecule has 1 aromatic carbocycles. The van der Waals surface area contributed by atoms with Crippen LogP contribution < -0.4 is 5.46 Å². The Labute approximate surface area is 80.5 Å². The lowest BCUT2D eigenvalue weighted by Gasteiger charge is -2.13. The van der Waals surface area contributed by atoms with Crippen LogP contribution in [-0.4, -0.2) is 31.5 Å². The predicted octanol–water partition coefficient (Wildman–Crippen LogP) is 0.293. The number of hydrogen-bond donors (Lipinski definition) is 1. The van der Waals surface area contributed by atoms with Crippen LogP contribution in [0.4, 0.5) is 0 Å². The van der Waals surface area contributed by atoms with E-state index in [1.165, 1.54) is 13.0 Å². The summed E-state index contributed by atoms with van der Waals surface area (Å²) in [5, 5.41) is 9.01. The van der Waals surface area contributed by atoms with Gasteiger partial charge in [0.15, 0.2) is 0 Å². The molecule has 0 saturated carbocycles. The number of nitrogens with zero attached hydrogens (tertiary/aromatic N) is 1. The molecule has 69 valence electrons. The summed E-state index contributed by atoms with van der Waals surface area (Å²) in [5.41, 5.74) is 3.23. The molecule has 0 saturated heterocycles. The minimum Gasteiger partial charge on any atom is -0.450 e. The van der Waals surface area contributed by atoms with Crippen LogP contribution in [0.1, 0.15) is 11.1 Å². The van der Waals surface area contributed by atoms with E-state index in [4.69, 9.17) is 5.02 Å². The molecule has 0 bridgehead atoms. The van der Waals surface area contributed by atoms with Gasteiger partial charge in [-0.15, -0.1) is 0 Å². The second kappa shape index (κ2) is 4.44. The molecule has 0 aliphatic rings. The molecule has 13 heavy (non-hydrogen) atoms. The van der Waals surface area contributed by atoms with Crippen molar-refractivity contribution in [2.24, 2.45) is 0 Å². The maximum atomic E-state index is 9.01. The van der Waals surface area contributed by atoms with E-state index in [1.807, 2.05) is 27.1 Å². The highest BCUT2D eigenvalue weighted by Crippen LogP contribution is 2.02. The van der Waals surface area contributed by atoms with Crippen molar-refractivity contribution in [3.63, 3.8) is 0 Å². The van der Waals surface area contributed by atoms with E-state index >= 15 is 0 Å². The molecule has 0 atom stereocenters. The Hall–Kier alpha value is -0.795. The van der Waals surface area contributed by atoms with Gasteiger partial charge in [-0.1, -0.05) is 23.8 Å². The van der Waals surface area contributed by atoms with Crippen molar-refractivity contribution in [2.45, 2.75) is 13.5 Å². The number of benzene rings is 1. The molecule has 0 spiro atoms. The minimum absolute atomic E-state index is 0.854. The molecule has 2 nitrogen and oxygen atoms in total. The van der Waals surface area contributed by atoms with Gasteiger partial charge in [-0.2, -0.15) is 0 Å². The first-order chi connectivity index (χ1) is 6.13. The van der Waals surface area contributed by atoms with Crippen molar-refractivity contribution in [1.29, 1.82) is 0 Å². The molecular formula is C10H15BNO. The van der Waals surface area contributed by atoms with Gasteiger partial charge in [-0.3, -0.25) is 0 Å². The highest BCUT2D eigenvalue weighted by molar-refractivity contribution is 6.46. The fourth-order valence-corrected chi connectivity index (χ4v) is 1.32. The SMILES string of the molecule is Cc1ccc(CN(C)C)c([B]O)c1. The molecular weight excluding hydrogens is 161 g/mol. The largest absolute Gasteiger partial charge is 0.450 e. The first kappa shape index (κ1) is 10.3. The Kier molecular flexibility index (Phi) is 3.52. The van der Waals surface area contributed by atoms with Crippen molar-refractivity contribution in [2.75, 3.05) is 14.1 Å². The molecule has 0 fully saturated rings. The van der Waals surface area contributed by atoms with Crippen molar-refractivity contribution < 1.29 is 5.02 Å². The van der Waals surface area contributed by atoms with E-state index in [1.54, 1.807) is 0 Å². The Morgan fingerprint density at radius 3 is 2.62 bits per heavy atom. The predicted molar refractivity (Wildman–Crippen MR) is 56.2 cm³/mol. The van der Waals surface area contributed by atoms with Gasteiger partial charge in [0.2, 0.25) is 0 Å². The van der Waals surface area contributed by atoms with Crippen molar-refractivity contribution in [1.82, 2.24) is 4.90 Å². The smallest absolute Gasteiger partial charge is 0.327 e. The molecule has 3 heteroatoms. The van der Waals surface area contributed by atoms with E-state index in [0.29, 0.717) is 0 Å². The zero-order valence-corrected chi connectivity index (χ0v) is 8.41. The van der Waals surface area contributed by atoms with Gasteiger partial charge in [0.1, 0.15) is 0 Å². The van der Waals surface area contributed by atoms with Crippen LogP contribution in [0.5, 0.6) is 0 Å². The Balaban J connectivity index is 2.92. The van der Waals surface area contributed by atoms with E-state index < -0.39 is 0 Å². The summed E-state index contributed by atoms with van der Waals surface area (Å²) in [7, 11) is 5.20. The summed E-state index contributed by atoms with van der Waals surface area (Å²) in [4.78, 5) is 2.08. The van der Waals surface area contributed by atoms with Gasteiger partial charge in [-0.25, -0.2) is 0 Å². The second-order valence-corrected chi connectivity index (χ2v) is 3.57. The monoisotopic (exact) mass is 176 g/mol. The lowest BCUT2D eigenvalue weighted by atomic mass is 9.83. The highest BCUT2D eigenvalue weighted by atomic mass is 16.2. The van der Waals surface area contributed by atoms with Gasteiger partial charge in [0.05, 0.1) is 0 Å². The summed E-state index contributed by atoms with van der Waals surface area (Å²) in [6.07, 6.45) is 0. The zero-order valence-electron chi connectivity index (χ0n) is 8.41. The third kappa shape index (κ3) is 2.86. The van der Waals surface area contributed by atoms with Crippen LogP contribution in [0.3, 0.4) is 0 Å². The minimum atomic E-state index is 0.854. The van der Waals surface area contributed by atoms with Crippen molar-refractivity contribution in [3.05, 3.63) is 29.3 Å². The summed E-state index contributed by atoms with van der Waals surface area (Å²) in [6, 6.07) is 6.10. The van der Waals surface area contributed by atoms with E-state index in [2.05, 4.69) is 17.0 Å². The Bertz CT molecular complexity index is 286. The summed E-state index contributed by atoms with van der Waals surface area (Å²) in [6.45, 7) is 2.87. The zero-order chi connectivity index (χ0) is 9.84. The molecule has 0 heterocycles. The van der Waals surface area contributed by atoms with Crippen molar-refractivity contribution >= 4 is 12.9 Å². The third-order valence-electron chi connectivity index (χ3n) is 1.93. The molecule has 1 N–H and O–H groups in total. The van der Waals surface area contributed by atoms with Crippen LogP contribution >= 0.6 is 0 Å². The summed E-state index contributed by atoms with van der Waals surface area (Å²) >= 11 is 0. The highest BCUT2D eigenvalue weighted by Gasteiger charge is 2.03. The second-order valence-electron chi connectivity index (χ2n) is 3.57. The first-order valence-corrected chi connectivity index (χ1v) is 4.35. The number of rotatable bonds is 3. The Morgan fingerprint density at radius 1 is 1.38 bits per heavy atom. The molecule has 0 unspecified atom stereocenters. The van der Waals surface area contributed by atoms with E-state index in [9.17, 15) is 0 Å². The molecule has 1 aromatic rings. The number of hydrogen-bond acceptors (Lipinski definition) is 2. The first-order valence-electron chi connectivity index (χ1n) is 4.35. The summed E-state index contributed by atoms with van der Waals surface area (Å²) in [5.74, 6) is 0. The standard InChI is InChI=1S/C10H15BNO/c1-8-4-5-9(7-12(2)3)10(6-8)11-13/h4-6,13H,7H2,1-3H3. The van der Waals surface area contributed by atoms with Gasteiger partial charge >= 0.3 is 7.48 Å². The van der Waals surface area contributed by atoms with Gasteiger partial charge < -0.3 is 9.92 Å². The van der Waals surface area contributed by atoms with Gasteiger partial charge in [0, 0.05) is 6.54 Å². The fraction of sp³-hybridized carbons (Fsp3) is 0.400. The van der Waals surface area contributed by atoms with E-state index in [0.717, 1.165) is 17.6 Å². The number of aryl methyl sites for hydroxylation is 1. The summed E-state index contributed by atoms with van der Waals surface area (Å²) < 4.78 is 0. The Morgan fingerprint density at radius 2 is 2.08 bits per heavy atom. The van der Waals surface area contributed by atoms with Crippen LogP contribution in [0.2, 0.25) is 0 Å². The molecule has 1 radical (unpaired) electrons.